The van der Waals surface area contributed by atoms with E-state index in [4.69, 9.17) is 0 Å². The van der Waals surface area contributed by atoms with Crippen molar-refractivity contribution in [3.8, 4) is 0 Å². The number of sulfonamides is 1. The Morgan fingerprint density at radius 3 is 2.56 bits per heavy atom. The first-order chi connectivity index (χ1) is 12.6. The van der Waals surface area contributed by atoms with Gasteiger partial charge >= 0.3 is 5.97 Å². The number of nitrogens with one attached hydrogen (secondary N) is 2. The van der Waals surface area contributed by atoms with Gasteiger partial charge in [0, 0.05) is 32.1 Å². The molecule has 0 aliphatic heterocycles. The number of rotatable bonds is 10. The molecule has 0 aromatic heterocycles. The SMILES string of the molecule is C=CCNS(=O)(=O)c1cccc(C(=O)N(CCNC(C)=O)C(C)C(=O)O)c1. The van der Waals surface area contributed by atoms with Crippen LogP contribution in [-0.4, -0.2) is 61.9 Å². The van der Waals surface area contributed by atoms with Crippen molar-refractivity contribution in [3.05, 3.63) is 42.5 Å². The van der Waals surface area contributed by atoms with Gasteiger partial charge in [0.1, 0.15) is 6.04 Å². The Bertz CT molecular complexity index is 822. The van der Waals surface area contributed by atoms with Gasteiger partial charge in [0.15, 0.2) is 0 Å². The predicted molar refractivity (Wildman–Crippen MR) is 98.6 cm³/mol. The number of carboxylic acid groups (broad SMARTS) is 1. The molecule has 0 radical (unpaired) electrons. The van der Waals surface area contributed by atoms with Crippen LogP contribution in [0, 0.1) is 0 Å². The number of hydrogen-bond acceptors (Lipinski definition) is 5. The molecule has 148 valence electrons. The van der Waals surface area contributed by atoms with Gasteiger partial charge in [-0.15, -0.1) is 6.58 Å². The van der Waals surface area contributed by atoms with Crippen LogP contribution in [0.1, 0.15) is 24.2 Å². The third-order valence-corrected chi connectivity index (χ3v) is 5.04. The molecule has 2 amide bonds. The molecule has 3 N–H and O–H groups in total. The Morgan fingerprint density at radius 1 is 1.33 bits per heavy atom. The van der Waals surface area contributed by atoms with E-state index in [1.165, 1.54) is 44.2 Å². The fraction of sp³-hybridized carbons (Fsp3) is 0.353. The Balaban J connectivity index is 3.13. The minimum absolute atomic E-state index is 0.0207. The molecule has 0 aliphatic rings. The van der Waals surface area contributed by atoms with Crippen LogP contribution in [0.5, 0.6) is 0 Å². The highest BCUT2D eigenvalue weighted by molar-refractivity contribution is 7.89. The average Bonchev–Trinajstić information content (AvgIpc) is 2.62. The van der Waals surface area contributed by atoms with Crippen LogP contribution in [0.3, 0.4) is 0 Å². The van der Waals surface area contributed by atoms with E-state index in [1.54, 1.807) is 0 Å². The smallest absolute Gasteiger partial charge is 0.326 e. The number of hydrogen-bond donors (Lipinski definition) is 3. The Labute approximate surface area is 158 Å². The molecule has 0 aliphatic carbocycles. The highest BCUT2D eigenvalue weighted by atomic mass is 32.2. The van der Waals surface area contributed by atoms with Gasteiger partial charge in [0.25, 0.3) is 5.91 Å². The fourth-order valence-corrected chi connectivity index (χ4v) is 3.21. The lowest BCUT2D eigenvalue weighted by atomic mass is 10.1. The lowest BCUT2D eigenvalue weighted by Crippen LogP contribution is -2.46. The van der Waals surface area contributed by atoms with E-state index < -0.39 is 27.9 Å². The van der Waals surface area contributed by atoms with Crippen LogP contribution in [0.25, 0.3) is 0 Å². The van der Waals surface area contributed by atoms with Crippen LogP contribution < -0.4 is 10.0 Å². The molecule has 0 heterocycles. The first kappa shape index (κ1) is 22.3. The van der Waals surface area contributed by atoms with E-state index in [9.17, 15) is 27.9 Å². The maximum absolute atomic E-state index is 12.8. The molecule has 9 nitrogen and oxygen atoms in total. The Kier molecular flexibility index (Phi) is 8.13. The molecular weight excluding hydrogens is 374 g/mol. The zero-order valence-corrected chi connectivity index (χ0v) is 16.0. The number of aliphatic carboxylic acids is 1. The zero-order valence-electron chi connectivity index (χ0n) is 15.1. The standard InChI is InChI=1S/C17H23N3O6S/c1-4-8-19-27(25,26)15-7-5-6-14(11-15)16(22)20(12(2)17(23)24)10-9-18-13(3)21/h4-7,11-12,19H,1,8-10H2,2-3H3,(H,18,21)(H,23,24). The highest BCUT2D eigenvalue weighted by Crippen LogP contribution is 2.15. The van der Waals surface area contributed by atoms with Gasteiger partial charge in [-0.1, -0.05) is 12.1 Å². The van der Waals surface area contributed by atoms with Crippen molar-refractivity contribution in [2.45, 2.75) is 24.8 Å². The Hall–Kier alpha value is -2.72. The van der Waals surface area contributed by atoms with Crippen molar-refractivity contribution in [3.63, 3.8) is 0 Å². The van der Waals surface area contributed by atoms with E-state index in [0.29, 0.717) is 0 Å². The normalized spacial score (nSPS) is 12.1. The van der Waals surface area contributed by atoms with Crippen LogP contribution >= 0.6 is 0 Å². The van der Waals surface area contributed by atoms with Crippen molar-refractivity contribution in [2.24, 2.45) is 0 Å². The maximum atomic E-state index is 12.8. The average molecular weight is 397 g/mol. The topological polar surface area (TPSA) is 133 Å². The number of nitrogens with zero attached hydrogens (tertiary/aromatic N) is 1. The summed E-state index contributed by atoms with van der Waals surface area (Å²) in [6.45, 7) is 6.12. The molecule has 1 aromatic carbocycles. The quantitative estimate of drug-likeness (QED) is 0.483. The van der Waals surface area contributed by atoms with Crippen LogP contribution in [0.15, 0.2) is 41.8 Å². The molecule has 1 rings (SSSR count). The second kappa shape index (κ2) is 9.83. The van der Waals surface area contributed by atoms with Gasteiger partial charge in [-0.05, 0) is 25.1 Å². The largest absolute Gasteiger partial charge is 0.480 e. The summed E-state index contributed by atoms with van der Waals surface area (Å²) in [6.07, 6.45) is 1.38. The monoisotopic (exact) mass is 397 g/mol. The number of carbonyl (C=O) groups is 3. The molecule has 10 heteroatoms. The summed E-state index contributed by atoms with van der Waals surface area (Å²) >= 11 is 0. The summed E-state index contributed by atoms with van der Waals surface area (Å²) in [5.74, 6) is -2.19. The summed E-state index contributed by atoms with van der Waals surface area (Å²) in [6, 6.07) is 4.13. The van der Waals surface area contributed by atoms with Crippen molar-refractivity contribution >= 4 is 27.8 Å². The second-order valence-electron chi connectivity index (χ2n) is 5.66. The van der Waals surface area contributed by atoms with Gasteiger partial charge in [-0.3, -0.25) is 9.59 Å². The second-order valence-corrected chi connectivity index (χ2v) is 7.43. The van der Waals surface area contributed by atoms with Crippen molar-refractivity contribution in [1.29, 1.82) is 0 Å². The van der Waals surface area contributed by atoms with E-state index in [-0.39, 0.29) is 36.0 Å². The van der Waals surface area contributed by atoms with Gasteiger partial charge < -0.3 is 15.3 Å². The summed E-state index contributed by atoms with van der Waals surface area (Å²) in [5.41, 5.74) is 0.0207. The summed E-state index contributed by atoms with van der Waals surface area (Å²) in [5, 5.41) is 11.7. The highest BCUT2D eigenvalue weighted by Gasteiger charge is 2.27. The predicted octanol–water partition coefficient (Wildman–Crippen LogP) is 0.202. The molecule has 0 bridgehead atoms. The van der Waals surface area contributed by atoms with Crippen molar-refractivity contribution in [2.75, 3.05) is 19.6 Å². The fourth-order valence-electron chi connectivity index (χ4n) is 2.17. The van der Waals surface area contributed by atoms with Gasteiger partial charge in [-0.2, -0.15) is 0 Å². The van der Waals surface area contributed by atoms with Crippen molar-refractivity contribution in [1.82, 2.24) is 14.9 Å². The molecule has 0 saturated carbocycles. The molecule has 0 spiro atoms. The zero-order chi connectivity index (χ0) is 20.6. The van der Waals surface area contributed by atoms with Crippen LogP contribution in [0.2, 0.25) is 0 Å². The minimum Gasteiger partial charge on any atom is -0.480 e. The lowest BCUT2D eigenvalue weighted by molar-refractivity contribution is -0.141. The molecular formula is C17H23N3O6S. The lowest BCUT2D eigenvalue weighted by Gasteiger charge is -2.26. The van der Waals surface area contributed by atoms with E-state index >= 15 is 0 Å². The molecule has 1 aromatic rings. The van der Waals surface area contributed by atoms with Crippen LogP contribution in [0.4, 0.5) is 0 Å². The molecule has 1 unspecified atom stereocenters. The molecule has 1 atom stereocenters. The number of amides is 2. The van der Waals surface area contributed by atoms with Gasteiger partial charge in [-0.25, -0.2) is 17.9 Å². The van der Waals surface area contributed by atoms with Gasteiger partial charge in [0.05, 0.1) is 4.90 Å². The minimum atomic E-state index is -3.83. The summed E-state index contributed by atoms with van der Waals surface area (Å²) < 4.78 is 26.7. The van der Waals surface area contributed by atoms with Gasteiger partial charge in [0.2, 0.25) is 15.9 Å². The van der Waals surface area contributed by atoms with E-state index in [1.807, 2.05) is 0 Å². The third kappa shape index (κ3) is 6.50. The number of carboxylic acids is 1. The van der Waals surface area contributed by atoms with E-state index in [2.05, 4.69) is 16.6 Å². The van der Waals surface area contributed by atoms with E-state index in [0.717, 1.165) is 4.90 Å². The van der Waals surface area contributed by atoms with Crippen LogP contribution in [-0.2, 0) is 19.6 Å². The summed E-state index contributed by atoms with van der Waals surface area (Å²) in [7, 11) is -3.83. The Morgan fingerprint density at radius 2 is 2.00 bits per heavy atom. The summed E-state index contributed by atoms with van der Waals surface area (Å²) in [4.78, 5) is 36.0. The first-order valence-corrected chi connectivity index (χ1v) is 9.57. The number of benzene rings is 1. The molecule has 27 heavy (non-hydrogen) atoms. The number of carbonyl (C=O) groups excluding carboxylic acids is 2. The molecule has 0 fully saturated rings. The molecule has 0 saturated heterocycles. The third-order valence-electron chi connectivity index (χ3n) is 3.62. The van der Waals surface area contributed by atoms with Crippen molar-refractivity contribution < 1.29 is 27.9 Å². The maximum Gasteiger partial charge on any atom is 0.326 e. The first-order valence-electron chi connectivity index (χ1n) is 8.09.